The van der Waals surface area contributed by atoms with Gasteiger partial charge in [-0.25, -0.2) is 0 Å². The maximum atomic E-state index is 11.1. The zero-order valence-corrected chi connectivity index (χ0v) is 13.5. The topological polar surface area (TPSA) is 58.6 Å². The number of hydrogen-bond donors (Lipinski definition) is 2. The predicted octanol–water partition coefficient (Wildman–Crippen LogP) is 3.32. The number of benzene rings is 1. The minimum Gasteiger partial charge on any atom is -0.495 e. The summed E-state index contributed by atoms with van der Waals surface area (Å²) < 4.78 is 6.37. The molecule has 1 aliphatic rings. The van der Waals surface area contributed by atoms with E-state index in [9.17, 15) is 4.79 Å². The van der Waals surface area contributed by atoms with E-state index in [1.54, 1.807) is 7.11 Å². The Morgan fingerprint density at radius 2 is 2.20 bits per heavy atom. The molecule has 1 aliphatic heterocycles. The van der Waals surface area contributed by atoms with Gasteiger partial charge in [0.25, 0.3) is 0 Å². The number of aliphatic carboxylic acids is 1. The van der Waals surface area contributed by atoms with Gasteiger partial charge in [0.15, 0.2) is 0 Å². The third-order valence-corrected chi connectivity index (χ3v) is 4.39. The summed E-state index contributed by atoms with van der Waals surface area (Å²) in [6.07, 6.45) is 0.631. The van der Waals surface area contributed by atoms with Gasteiger partial charge in [-0.15, -0.1) is 0 Å². The summed E-state index contributed by atoms with van der Waals surface area (Å²) in [5.74, 6) is 0.175. The summed E-state index contributed by atoms with van der Waals surface area (Å²) in [5.41, 5.74) is 2.25. The lowest BCUT2D eigenvalue weighted by atomic mass is 9.94. The Bertz CT molecular complexity index is 516. The fourth-order valence-electron chi connectivity index (χ4n) is 2.66. The van der Waals surface area contributed by atoms with Gasteiger partial charge in [0.05, 0.1) is 17.5 Å². The second-order valence-electron chi connectivity index (χ2n) is 5.51. The Morgan fingerprint density at radius 1 is 1.50 bits per heavy atom. The van der Waals surface area contributed by atoms with E-state index in [4.69, 9.17) is 9.84 Å². The van der Waals surface area contributed by atoms with Gasteiger partial charge >= 0.3 is 5.97 Å². The highest BCUT2D eigenvalue weighted by molar-refractivity contribution is 9.10. The highest BCUT2D eigenvalue weighted by atomic mass is 79.9. The Morgan fingerprint density at radius 3 is 2.70 bits per heavy atom. The van der Waals surface area contributed by atoms with E-state index >= 15 is 0 Å². The van der Waals surface area contributed by atoms with Crippen LogP contribution in [0.5, 0.6) is 5.75 Å². The average Bonchev–Trinajstić information content (AvgIpc) is 2.87. The molecule has 5 heteroatoms. The van der Waals surface area contributed by atoms with Crippen LogP contribution >= 0.6 is 15.9 Å². The molecule has 0 aromatic heterocycles. The highest BCUT2D eigenvalue weighted by Gasteiger charge is 2.31. The fourth-order valence-corrected chi connectivity index (χ4v) is 3.31. The third kappa shape index (κ3) is 2.99. The van der Waals surface area contributed by atoms with Gasteiger partial charge in [-0.05, 0) is 45.5 Å². The number of hydrogen-bond acceptors (Lipinski definition) is 3. The molecule has 2 atom stereocenters. The molecule has 1 heterocycles. The number of nitrogens with one attached hydrogen (secondary N) is 1. The summed E-state index contributed by atoms with van der Waals surface area (Å²) in [7, 11) is 1.67. The van der Waals surface area contributed by atoms with Crippen LogP contribution in [0.15, 0.2) is 16.6 Å². The maximum Gasteiger partial charge on any atom is 0.307 e. The summed E-state index contributed by atoms with van der Waals surface area (Å²) in [5, 5.41) is 12.4. The summed E-state index contributed by atoms with van der Waals surface area (Å²) in [6, 6.07) is 4.23. The Kier molecular flexibility index (Phi) is 4.70. The number of carbonyl (C=O) groups is 1. The number of carboxylic acid groups (broad SMARTS) is 1. The molecule has 2 unspecified atom stereocenters. The highest BCUT2D eigenvalue weighted by Crippen LogP contribution is 2.38. The van der Waals surface area contributed by atoms with E-state index in [2.05, 4.69) is 41.2 Å². The molecule has 0 aliphatic carbocycles. The molecule has 4 nitrogen and oxygen atoms in total. The number of ether oxygens (including phenoxy) is 1. The van der Waals surface area contributed by atoms with Crippen molar-refractivity contribution in [1.82, 2.24) is 5.32 Å². The van der Waals surface area contributed by atoms with E-state index in [1.165, 1.54) is 0 Å². The SMILES string of the molecule is COc1c(Br)cc(C2CC(C(=O)O)CN2)cc1C(C)C. The van der Waals surface area contributed by atoms with E-state index < -0.39 is 5.97 Å². The molecule has 1 saturated heterocycles. The van der Waals surface area contributed by atoms with Crippen molar-refractivity contribution in [1.29, 1.82) is 0 Å². The van der Waals surface area contributed by atoms with Crippen molar-refractivity contribution in [2.75, 3.05) is 13.7 Å². The number of carboxylic acids is 1. The van der Waals surface area contributed by atoms with Gasteiger partial charge in [-0.3, -0.25) is 4.79 Å². The molecule has 2 N–H and O–H groups in total. The lowest BCUT2D eigenvalue weighted by Gasteiger charge is -2.18. The largest absolute Gasteiger partial charge is 0.495 e. The molecule has 20 heavy (non-hydrogen) atoms. The minimum absolute atomic E-state index is 0.0933. The standard InChI is InChI=1S/C15H20BrNO3/c1-8(2)11-4-9(5-12(16)14(11)20-3)13-6-10(7-17-13)15(18)19/h4-5,8,10,13,17H,6-7H2,1-3H3,(H,18,19). The maximum absolute atomic E-state index is 11.1. The van der Waals surface area contributed by atoms with Crippen molar-refractivity contribution in [3.8, 4) is 5.75 Å². The van der Waals surface area contributed by atoms with Crippen LogP contribution in [0.2, 0.25) is 0 Å². The number of methoxy groups -OCH3 is 1. The van der Waals surface area contributed by atoms with E-state index in [0.717, 1.165) is 21.3 Å². The first kappa shape index (κ1) is 15.3. The van der Waals surface area contributed by atoms with Crippen molar-refractivity contribution in [3.05, 3.63) is 27.7 Å². The lowest BCUT2D eigenvalue weighted by molar-refractivity contribution is -0.141. The first-order chi connectivity index (χ1) is 9.43. The van der Waals surface area contributed by atoms with Crippen molar-refractivity contribution in [3.63, 3.8) is 0 Å². The molecule has 1 aromatic rings. The normalized spacial score (nSPS) is 22.2. The second kappa shape index (κ2) is 6.14. The molecule has 0 radical (unpaired) electrons. The van der Waals surface area contributed by atoms with Crippen molar-refractivity contribution in [2.24, 2.45) is 5.92 Å². The Hall–Kier alpha value is -1.07. The molecule has 110 valence electrons. The molecule has 0 bridgehead atoms. The Balaban J connectivity index is 2.32. The monoisotopic (exact) mass is 341 g/mol. The van der Waals surface area contributed by atoms with Crippen LogP contribution in [0, 0.1) is 5.92 Å². The average molecular weight is 342 g/mol. The van der Waals surface area contributed by atoms with Gasteiger partial charge in [-0.2, -0.15) is 0 Å². The van der Waals surface area contributed by atoms with Gasteiger partial charge < -0.3 is 15.2 Å². The van der Waals surface area contributed by atoms with Crippen LogP contribution in [0.1, 0.15) is 43.4 Å². The van der Waals surface area contributed by atoms with Gasteiger partial charge in [0.2, 0.25) is 0 Å². The predicted molar refractivity (Wildman–Crippen MR) is 81.3 cm³/mol. The van der Waals surface area contributed by atoms with E-state index in [1.807, 2.05) is 6.07 Å². The molecule has 0 amide bonds. The summed E-state index contributed by atoms with van der Waals surface area (Å²) in [6.45, 7) is 4.77. The summed E-state index contributed by atoms with van der Waals surface area (Å²) >= 11 is 3.55. The van der Waals surface area contributed by atoms with Crippen LogP contribution in [-0.2, 0) is 4.79 Å². The van der Waals surface area contributed by atoms with Crippen molar-refractivity contribution < 1.29 is 14.6 Å². The van der Waals surface area contributed by atoms with E-state index in [-0.39, 0.29) is 12.0 Å². The first-order valence-electron chi connectivity index (χ1n) is 6.77. The Labute approximate surface area is 127 Å². The third-order valence-electron chi connectivity index (χ3n) is 3.80. The van der Waals surface area contributed by atoms with Crippen LogP contribution < -0.4 is 10.1 Å². The molecule has 1 aromatic carbocycles. The van der Waals surface area contributed by atoms with E-state index in [0.29, 0.717) is 18.9 Å². The summed E-state index contributed by atoms with van der Waals surface area (Å²) in [4.78, 5) is 11.1. The molecule has 2 rings (SSSR count). The second-order valence-corrected chi connectivity index (χ2v) is 6.37. The van der Waals surface area contributed by atoms with Crippen LogP contribution in [0.3, 0.4) is 0 Å². The van der Waals surface area contributed by atoms with Crippen molar-refractivity contribution >= 4 is 21.9 Å². The zero-order valence-electron chi connectivity index (χ0n) is 11.9. The van der Waals surface area contributed by atoms with Crippen LogP contribution in [0.4, 0.5) is 0 Å². The lowest BCUT2D eigenvalue weighted by Crippen LogP contribution is -2.17. The van der Waals surface area contributed by atoms with Gasteiger partial charge in [0, 0.05) is 12.6 Å². The van der Waals surface area contributed by atoms with Gasteiger partial charge in [0.1, 0.15) is 5.75 Å². The minimum atomic E-state index is -0.725. The first-order valence-corrected chi connectivity index (χ1v) is 7.56. The van der Waals surface area contributed by atoms with Crippen LogP contribution in [0.25, 0.3) is 0 Å². The smallest absolute Gasteiger partial charge is 0.307 e. The molecule has 0 spiro atoms. The molecule has 1 fully saturated rings. The number of halogens is 1. The van der Waals surface area contributed by atoms with Gasteiger partial charge in [-0.1, -0.05) is 19.9 Å². The molecular weight excluding hydrogens is 322 g/mol. The quantitative estimate of drug-likeness (QED) is 0.881. The zero-order chi connectivity index (χ0) is 14.9. The molecular formula is C15H20BrNO3. The number of rotatable bonds is 4. The van der Waals surface area contributed by atoms with Crippen LogP contribution in [-0.4, -0.2) is 24.7 Å². The fraction of sp³-hybridized carbons (Fsp3) is 0.533. The van der Waals surface area contributed by atoms with Crippen molar-refractivity contribution in [2.45, 2.75) is 32.2 Å². The molecule has 0 saturated carbocycles.